The summed E-state index contributed by atoms with van der Waals surface area (Å²) in [6.07, 6.45) is 2.44. The van der Waals surface area contributed by atoms with Crippen LogP contribution < -0.4 is 0 Å². The summed E-state index contributed by atoms with van der Waals surface area (Å²) in [6.45, 7) is 6.79. The minimum Gasteiger partial charge on any atom is -0.393 e. The third-order valence-corrected chi connectivity index (χ3v) is 4.16. The number of rotatable bonds is 1. The molecule has 0 aromatic rings. The van der Waals surface area contributed by atoms with E-state index in [9.17, 15) is 5.11 Å². The highest BCUT2D eigenvalue weighted by Crippen LogP contribution is 2.69. The third-order valence-electron chi connectivity index (χ3n) is 4.16. The van der Waals surface area contributed by atoms with Crippen molar-refractivity contribution in [1.82, 2.24) is 0 Å². The van der Waals surface area contributed by atoms with Crippen LogP contribution in [0.1, 0.15) is 33.6 Å². The maximum absolute atomic E-state index is 9.61. The molecule has 0 bridgehead atoms. The number of hydrogen-bond donors (Lipinski definition) is 1. The minimum atomic E-state index is -0.00356. The van der Waals surface area contributed by atoms with Gasteiger partial charge in [0.2, 0.25) is 0 Å². The molecule has 2 unspecified atom stereocenters. The van der Waals surface area contributed by atoms with Gasteiger partial charge in [0.25, 0.3) is 0 Å². The molecule has 0 aromatic heterocycles. The van der Waals surface area contributed by atoms with Crippen molar-refractivity contribution in [2.75, 3.05) is 0 Å². The summed E-state index contributed by atoms with van der Waals surface area (Å²) in [5, 5.41) is 9.61. The number of aliphatic hydroxyl groups is 1. The SMILES string of the molecule is CC(C)C12CC1[C@@H](C)[C@H](O)C2. The van der Waals surface area contributed by atoms with Crippen molar-refractivity contribution in [3.8, 4) is 0 Å². The fourth-order valence-electron chi connectivity index (χ4n) is 3.04. The molecule has 1 nitrogen and oxygen atoms in total. The van der Waals surface area contributed by atoms with Crippen molar-refractivity contribution in [2.24, 2.45) is 23.2 Å². The minimum absolute atomic E-state index is 0.00356. The average Bonchev–Trinajstić information content (AvgIpc) is 2.57. The average molecular weight is 154 g/mol. The molecule has 2 aliphatic rings. The molecule has 2 fully saturated rings. The Morgan fingerprint density at radius 1 is 1.36 bits per heavy atom. The predicted octanol–water partition coefficient (Wildman–Crippen LogP) is 2.05. The molecule has 0 heterocycles. The summed E-state index contributed by atoms with van der Waals surface area (Å²) >= 11 is 0. The maximum atomic E-state index is 9.61. The second-order valence-corrected chi connectivity index (χ2v) is 4.83. The van der Waals surface area contributed by atoms with Gasteiger partial charge in [0, 0.05) is 0 Å². The highest BCUT2D eigenvalue weighted by molar-refractivity contribution is 5.13. The van der Waals surface area contributed by atoms with Crippen molar-refractivity contribution in [1.29, 1.82) is 0 Å². The van der Waals surface area contributed by atoms with E-state index >= 15 is 0 Å². The lowest BCUT2D eigenvalue weighted by Crippen LogP contribution is -2.15. The number of hydrogen-bond acceptors (Lipinski definition) is 1. The zero-order chi connectivity index (χ0) is 8.22. The molecule has 2 rings (SSSR count). The Morgan fingerprint density at radius 2 is 2.00 bits per heavy atom. The highest BCUT2D eigenvalue weighted by atomic mass is 16.3. The Bertz CT molecular complexity index is 176. The van der Waals surface area contributed by atoms with Gasteiger partial charge in [-0.2, -0.15) is 0 Å². The Kier molecular flexibility index (Phi) is 1.39. The Labute approximate surface area is 68.8 Å². The first kappa shape index (κ1) is 7.60. The van der Waals surface area contributed by atoms with Crippen molar-refractivity contribution in [3.05, 3.63) is 0 Å². The van der Waals surface area contributed by atoms with Gasteiger partial charge in [0.1, 0.15) is 0 Å². The summed E-state index contributed by atoms with van der Waals surface area (Å²) in [6, 6.07) is 0. The molecular formula is C10H18O. The quantitative estimate of drug-likeness (QED) is 0.613. The molecule has 0 radical (unpaired) electrons. The van der Waals surface area contributed by atoms with Crippen LogP contribution >= 0.6 is 0 Å². The summed E-state index contributed by atoms with van der Waals surface area (Å²) in [5.74, 6) is 2.18. The van der Waals surface area contributed by atoms with E-state index in [1.54, 1.807) is 0 Å². The number of fused-ring (bicyclic) bond motifs is 1. The molecule has 2 aliphatic carbocycles. The van der Waals surface area contributed by atoms with E-state index in [0.717, 1.165) is 18.3 Å². The van der Waals surface area contributed by atoms with Crippen molar-refractivity contribution >= 4 is 0 Å². The lowest BCUT2D eigenvalue weighted by Gasteiger charge is -2.17. The molecule has 0 spiro atoms. The molecule has 0 aliphatic heterocycles. The topological polar surface area (TPSA) is 20.2 Å². The summed E-state index contributed by atoms with van der Waals surface area (Å²) < 4.78 is 0. The largest absolute Gasteiger partial charge is 0.393 e. The van der Waals surface area contributed by atoms with Crippen molar-refractivity contribution in [2.45, 2.75) is 39.7 Å². The van der Waals surface area contributed by atoms with Crippen LogP contribution in [0, 0.1) is 23.2 Å². The molecule has 1 heteroatoms. The molecular weight excluding hydrogens is 136 g/mol. The first-order valence-electron chi connectivity index (χ1n) is 4.76. The second-order valence-electron chi connectivity index (χ2n) is 4.83. The summed E-state index contributed by atoms with van der Waals surface area (Å²) in [5.41, 5.74) is 0.554. The second kappa shape index (κ2) is 2.01. The van der Waals surface area contributed by atoms with E-state index in [0.29, 0.717) is 11.3 Å². The van der Waals surface area contributed by atoms with Gasteiger partial charge in [-0.1, -0.05) is 20.8 Å². The highest BCUT2D eigenvalue weighted by Gasteiger charge is 2.64. The molecule has 0 amide bonds. The normalized spacial score (nSPS) is 54.8. The van der Waals surface area contributed by atoms with Crippen LogP contribution in [0.25, 0.3) is 0 Å². The Hall–Kier alpha value is -0.0400. The van der Waals surface area contributed by atoms with Crippen LogP contribution in [-0.2, 0) is 0 Å². The van der Waals surface area contributed by atoms with Crippen LogP contribution in [0.4, 0.5) is 0 Å². The van der Waals surface area contributed by atoms with E-state index in [1.165, 1.54) is 6.42 Å². The standard InChI is InChI=1S/C10H18O/c1-6(2)10-4-8(10)7(3)9(11)5-10/h6-9,11H,4-5H2,1-3H3/t7-,8?,9-,10?/m1/s1. The smallest absolute Gasteiger partial charge is 0.0574 e. The molecule has 0 saturated heterocycles. The van der Waals surface area contributed by atoms with Crippen LogP contribution in [0.5, 0.6) is 0 Å². The van der Waals surface area contributed by atoms with Gasteiger partial charge < -0.3 is 5.11 Å². The van der Waals surface area contributed by atoms with E-state index in [-0.39, 0.29) is 6.10 Å². The Morgan fingerprint density at radius 3 is 2.27 bits per heavy atom. The number of aliphatic hydroxyl groups excluding tert-OH is 1. The van der Waals surface area contributed by atoms with Gasteiger partial charge in [-0.05, 0) is 36.0 Å². The fourth-order valence-corrected chi connectivity index (χ4v) is 3.04. The van der Waals surface area contributed by atoms with Crippen molar-refractivity contribution in [3.63, 3.8) is 0 Å². The summed E-state index contributed by atoms with van der Waals surface area (Å²) in [7, 11) is 0. The Balaban J connectivity index is 2.13. The predicted molar refractivity (Wildman–Crippen MR) is 45.2 cm³/mol. The van der Waals surface area contributed by atoms with E-state index in [2.05, 4.69) is 20.8 Å². The molecule has 0 aromatic carbocycles. The van der Waals surface area contributed by atoms with Gasteiger partial charge in [-0.3, -0.25) is 0 Å². The van der Waals surface area contributed by atoms with Gasteiger partial charge in [-0.15, -0.1) is 0 Å². The van der Waals surface area contributed by atoms with Crippen LogP contribution in [0.2, 0.25) is 0 Å². The third kappa shape index (κ3) is 0.807. The van der Waals surface area contributed by atoms with Gasteiger partial charge in [-0.25, -0.2) is 0 Å². The van der Waals surface area contributed by atoms with Crippen LogP contribution in [-0.4, -0.2) is 11.2 Å². The van der Waals surface area contributed by atoms with Crippen LogP contribution in [0.15, 0.2) is 0 Å². The fraction of sp³-hybridized carbons (Fsp3) is 1.00. The van der Waals surface area contributed by atoms with E-state index in [4.69, 9.17) is 0 Å². The lowest BCUT2D eigenvalue weighted by atomic mass is 9.89. The lowest BCUT2D eigenvalue weighted by molar-refractivity contribution is 0.113. The van der Waals surface area contributed by atoms with E-state index < -0.39 is 0 Å². The molecule has 64 valence electrons. The van der Waals surface area contributed by atoms with E-state index in [1.807, 2.05) is 0 Å². The zero-order valence-electron chi connectivity index (χ0n) is 7.67. The van der Waals surface area contributed by atoms with Gasteiger partial charge in [0.05, 0.1) is 6.10 Å². The molecule has 1 N–H and O–H groups in total. The molecule has 2 saturated carbocycles. The van der Waals surface area contributed by atoms with Gasteiger partial charge in [0.15, 0.2) is 0 Å². The van der Waals surface area contributed by atoms with Gasteiger partial charge >= 0.3 is 0 Å². The molecule has 4 atom stereocenters. The monoisotopic (exact) mass is 154 g/mol. The molecule has 11 heavy (non-hydrogen) atoms. The zero-order valence-corrected chi connectivity index (χ0v) is 7.67. The first-order valence-corrected chi connectivity index (χ1v) is 4.76. The van der Waals surface area contributed by atoms with Crippen molar-refractivity contribution < 1.29 is 5.11 Å². The maximum Gasteiger partial charge on any atom is 0.0574 e. The first-order chi connectivity index (χ1) is 5.08. The summed E-state index contributed by atoms with van der Waals surface area (Å²) in [4.78, 5) is 0. The van der Waals surface area contributed by atoms with Crippen LogP contribution in [0.3, 0.4) is 0 Å².